The van der Waals surface area contributed by atoms with Gasteiger partial charge in [-0.1, -0.05) is 0 Å². The number of benzene rings is 1. The molecule has 0 bridgehead atoms. The molecular formula is C16H16N4O2. The van der Waals surface area contributed by atoms with Gasteiger partial charge in [0.15, 0.2) is 0 Å². The van der Waals surface area contributed by atoms with Gasteiger partial charge < -0.3 is 14.4 Å². The normalized spacial score (nSPS) is 14.5. The molecule has 0 N–H and O–H groups in total. The molecule has 6 nitrogen and oxygen atoms in total. The van der Waals surface area contributed by atoms with Crippen LogP contribution < -0.4 is 9.64 Å². The van der Waals surface area contributed by atoms with Crippen LogP contribution in [0.5, 0.6) is 5.75 Å². The average Bonchev–Trinajstić information content (AvgIpc) is 2.62. The van der Waals surface area contributed by atoms with Gasteiger partial charge in [-0.25, -0.2) is 9.97 Å². The van der Waals surface area contributed by atoms with Crippen molar-refractivity contribution in [3.8, 4) is 23.1 Å². The van der Waals surface area contributed by atoms with E-state index in [4.69, 9.17) is 9.47 Å². The first-order valence-electron chi connectivity index (χ1n) is 7.06. The summed E-state index contributed by atoms with van der Waals surface area (Å²) in [5.41, 5.74) is 2.02. The molecule has 2 heterocycles. The summed E-state index contributed by atoms with van der Waals surface area (Å²) in [6.45, 7) is 2.77. The molecule has 22 heavy (non-hydrogen) atoms. The lowest BCUT2D eigenvalue weighted by molar-refractivity contribution is 0.122. The molecule has 6 heteroatoms. The van der Waals surface area contributed by atoms with Crippen LogP contribution in [0, 0.1) is 11.3 Å². The molecule has 0 aliphatic carbocycles. The van der Waals surface area contributed by atoms with Crippen molar-refractivity contribution in [2.24, 2.45) is 0 Å². The molecule has 0 amide bonds. The molecule has 1 aliphatic rings. The van der Waals surface area contributed by atoms with Crippen LogP contribution in [0.3, 0.4) is 0 Å². The number of morpholine rings is 1. The lowest BCUT2D eigenvalue weighted by Gasteiger charge is -2.27. The van der Waals surface area contributed by atoms with E-state index in [1.165, 1.54) is 0 Å². The Hall–Kier alpha value is -2.65. The molecule has 0 spiro atoms. The van der Waals surface area contributed by atoms with E-state index in [2.05, 4.69) is 16.0 Å². The van der Waals surface area contributed by atoms with Gasteiger partial charge in [0, 0.05) is 24.7 Å². The van der Waals surface area contributed by atoms with E-state index in [-0.39, 0.29) is 0 Å². The van der Waals surface area contributed by atoms with Gasteiger partial charge in [-0.05, 0) is 24.3 Å². The standard InChI is InChI=1S/C16H16N4O2/c1-21-14-4-2-12(3-5-14)15-10-13(11-17)18-16(19-15)20-6-8-22-9-7-20/h2-5,10H,6-9H2,1H3. The Morgan fingerprint density at radius 2 is 1.91 bits per heavy atom. The Bertz CT molecular complexity index is 688. The SMILES string of the molecule is COc1ccc(-c2cc(C#N)nc(N3CCOCC3)n2)cc1. The maximum absolute atomic E-state index is 9.21. The second kappa shape index (κ2) is 6.41. The first-order chi connectivity index (χ1) is 10.8. The maximum atomic E-state index is 9.21. The number of methoxy groups -OCH3 is 1. The molecule has 1 saturated heterocycles. The number of anilines is 1. The second-order valence-electron chi connectivity index (χ2n) is 4.88. The van der Waals surface area contributed by atoms with Gasteiger partial charge in [0.1, 0.15) is 17.5 Å². The van der Waals surface area contributed by atoms with Crippen molar-refractivity contribution >= 4 is 5.95 Å². The van der Waals surface area contributed by atoms with E-state index in [9.17, 15) is 5.26 Å². The highest BCUT2D eigenvalue weighted by atomic mass is 16.5. The second-order valence-corrected chi connectivity index (χ2v) is 4.88. The molecule has 1 aromatic carbocycles. The summed E-state index contributed by atoms with van der Waals surface area (Å²) >= 11 is 0. The van der Waals surface area contributed by atoms with Gasteiger partial charge in [-0.3, -0.25) is 0 Å². The van der Waals surface area contributed by atoms with Crippen LogP contribution in [0.25, 0.3) is 11.3 Å². The highest BCUT2D eigenvalue weighted by Crippen LogP contribution is 2.23. The average molecular weight is 296 g/mol. The number of aromatic nitrogens is 2. The van der Waals surface area contributed by atoms with Gasteiger partial charge in [0.05, 0.1) is 26.0 Å². The number of hydrogen-bond acceptors (Lipinski definition) is 6. The first kappa shape index (κ1) is 14.3. The van der Waals surface area contributed by atoms with Gasteiger partial charge in [-0.15, -0.1) is 0 Å². The first-order valence-corrected chi connectivity index (χ1v) is 7.06. The summed E-state index contributed by atoms with van der Waals surface area (Å²) in [4.78, 5) is 10.9. The summed E-state index contributed by atoms with van der Waals surface area (Å²) in [7, 11) is 1.63. The van der Waals surface area contributed by atoms with Crippen molar-refractivity contribution in [2.45, 2.75) is 0 Å². The zero-order valence-corrected chi connectivity index (χ0v) is 12.3. The molecule has 0 atom stereocenters. The van der Waals surface area contributed by atoms with E-state index in [0.29, 0.717) is 24.9 Å². The summed E-state index contributed by atoms with van der Waals surface area (Å²) < 4.78 is 10.5. The molecule has 1 aliphatic heterocycles. The van der Waals surface area contributed by atoms with Crippen molar-refractivity contribution < 1.29 is 9.47 Å². The van der Waals surface area contributed by atoms with Crippen LogP contribution in [-0.4, -0.2) is 43.4 Å². The predicted octanol–water partition coefficient (Wildman–Crippen LogP) is 1.86. The molecule has 1 fully saturated rings. The number of hydrogen-bond donors (Lipinski definition) is 0. The van der Waals surface area contributed by atoms with E-state index < -0.39 is 0 Å². The minimum atomic E-state index is 0.363. The summed E-state index contributed by atoms with van der Waals surface area (Å²) in [5.74, 6) is 1.36. The molecule has 0 unspecified atom stereocenters. The van der Waals surface area contributed by atoms with Crippen LogP contribution in [0.1, 0.15) is 5.69 Å². The quantitative estimate of drug-likeness (QED) is 0.861. The minimum absolute atomic E-state index is 0.363. The molecular weight excluding hydrogens is 280 g/mol. The van der Waals surface area contributed by atoms with Crippen LogP contribution in [-0.2, 0) is 4.74 Å². The van der Waals surface area contributed by atoms with Crippen molar-refractivity contribution in [2.75, 3.05) is 38.3 Å². The van der Waals surface area contributed by atoms with Gasteiger partial charge in [0.2, 0.25) is 5.95 Å². The van der Waals surface area contributed by atoms with E-state index in [1.807, 2.05) is 29.2 Å². The van der Waals surface area contributed by atoms with E-state index >= 15 is 0 Å². The van der Waals surface area contributed by atoms with Crippen molar-refractivity contribution in [3.05, 3.63) is 36.0 Å². The van der Waals surface area contributed by atoms with Crippen molar-refractivity contribution in [1.82, 2.24) is 9.97 Å². The minimum Gasteiger partial charge on any atom is -0.497 e. The maximum Gasteiger partial charge on any atom is 0.227 e. The van der Waals surface area contributed by atoms with Gasteiger partial charge in [-0.2, -0.15) is 5.26 Å². The molecule has 0 radical (unpaired) electrons. The van der Waals surface area contributed by atoms with Crippen LogP contribution in [0.2, 0.25) is 0 Å². The molecule has 0 saturated carbocycles. The Balaban J connectivity index is 1.97. The van der Waals surface area contributed by atoms with E-state index in [0.717, 1.165) is 30.1 Å². The molecule has 1 aromatic heterocycles. The fraction of sp³-hybridized carbons (Fsp3) is 0.312. The predicted molar refractivity (Wildman–Crippen MR) is 81.8 cm³/mol. The third-order valence-electron chi connectivity index (χ3n) is 3.51. The Morgan fingerprint density at radius 1 is 1.18 bits per heavy atom. The molecule has 112 valence electrons. The zero-order chi connectivity index (χ0) is 15.4. The highest BCUT2D eigenvalue weighted by molar-refractivity contribution is 5.63. The van der Waals surface area contributed by atoms with Gasteiger partial charge in [0.25, 0.3) is 0 Å². The summed E-state index contributed by atoms with van der Waals surface area (Å²) in [5, 5.41) is 9.21. The van der Waals surface area contributed by atoms with Crippen LogP contribution in [0.15, 0.2) is 30.3 Å². The monoisotopic (exact) mass is 296 g/mol. The summed E-state index contributed by atoms with van der Waals surface area (Å²) in [6, 6.07) is 11.4. The van der Waals surface area contributed by atoms with Crippen molar-refractivity contribution in [3.63, 3.8) is 0 Å². The fourth-order valence-corrected chi connectivity index (χ4v) is 2.31. The topological polar surface area (TPSA) is 71.3 Å². The van der Waals surface area contributed by atoms with Crippen molar-refractivity contribution in [1.29, 1.82) is 5.26 Å². The fourth-order valence-electron chi connectivity index (χ4n) is 2.31. The third-order valence-corrected chi connectivity index (χ3v) is 3.51. The summed E-state index contributed by atoms with van der Waals surface area (Å²) in [6.07, 6.45) is 0. The highest BCUT2D eigenvalue weighted by Gasteiger charge is 2.16. The number of nitrogens with zero attached hydrogens (tertiary/aromatic N) is 4. The number of rotatable bonds is 3. The van der Waals surface area contributed by atoms with E-state index in [1.54, 1.807) is 13.2 Å². The Labute approximate surface area is 128 Å². The largest absolute Gasteiger partial charge is 0.497 e. The zero-order valence-electron chi connectivity index (χ0n) is 12.3. The molecule has 2 aromatic rings. The number of nitriles is 1. The smallest absolute Gasteiger partial charge is 0.227 e. The van der Waals surface area contributed by atoms with Crippen LogP contribution >= 0.6 is 0 Å². The molecule has 3 rings (SSSR count). The lowest BCUT2D eigenvalue weighted by Crippen LogP contribution is -2.37. The van der Waals surface area contributed by atoms with Crippen LogP contribution in [0.4, 0.5) is 5.95 Å². The number of ether oxygens (including phenoxy) is 2. The Morgan fingerprint density at radius 3 is 2.55 bits per heavy atom. The lowest BCUT2D eigenvalue weighted by atomic mass is 10.1. The third kappa shape index (κ3) is 3.00. The van der Waals surface area contributed by atoms with Gasteiger partial charge >= 0.3 is 0 Å². The Kier molecular flexibility index (Phi) is 4.17.